The van der Waals surface area contributed by atoms with Gasteiger partial charge in [0.15, 0.2) is 11.4 Å². The number of alkyl halides is 3. The van der Waals surface area contributed by atoms with Gasteiger partial charge >= 0.3 is 12.1 Å². The summed E-state index contributed by atoms with van der Waals surface area (Å²) in [5.74, 6) is 1.66. The van der Waals surface area contributed by atoms with E-state index in [1.165, 1.54) is 19.4 Å². The Morgan fingerprint density at radius 2 is 1.85 bits per heavy atom. The average Bonchev–Trinajstić information content (AvgIpc) is 2.30. The molecule has 5 N–H and O–H groups in total. The largest absolute Gasteiger partial charge is 0.491 e. The molecular weight excluding hydrogens is 287 g/mol. The monoisotopic (exact) mass is 297 g/mol. The molecule has 0 saturated heterocycles. The van der Waals surface area contributed by atoms with Gasteiger partial charge < -0.3 is 21.4 Å². The van der Waals surface area contributed by atoms with Gasteiger partial charge in [-0.25, -0.2) is 4.79 Å². The Labute approximate surface area is 109 Å². The van der Waals surface area contributed by atoms with E-state index in [0.29, 0.717) is 0 Å². The van der Waals surface area contributed by atoms with Crippen LogP contribution >= 0.6 is 0 Å². The van der Waals surface area contributed by atoms with Crippen LogP contribution in [0.3, 0.4) is 0 Å². The second kappa shape index (κ2) is 6.45. The first-order chi connectivity index (χ1) is 9.02. The van der Waals surface area contributed by atoms with E-state index in [1.54, 1.807) is 0 Å². The number of nitrogens with zero attached hydrogens (tertiary/aromatic N) is 1. The quantitative estimate of drug-likeness (QED) is 0.617. The van der Waals surface area contributed by atoms with Crippen molar-refractivity contribution < 1.29 is 32.6 Å². The second-order valence-electron chi connectivity index (χ2n) is 3.14. The topological polar surface area (TPSA) is 138 Å². The number of hydrogen-bond donors (Lipinski definition) is 3. The fourth-order valence-corrected chi connectivity index (χ4v) is 0.969. The summed E-state index contributed by atoms with van der Waals surface area (Å²) >= 11 is 0. The molecule has 20 heavy (non-hydrogen) atoms. The van der Waals surface area contributed by atoms with Crippen LogP contribution in [-0.4, -0.2) is 34.9 Å². The minimum absolute atomic E-state index is 0.141. The summed E-state index contributed by atoms with van der Waals surface area (Å²) in [6.07, 6.45) is -3.84. The van der Waals surface area contributed by atoms with E-state index >= 15 is 0 Å². The fourth-order valence-electron chi connectivity index (χ4n) is 0.969. The number of hydrogen-bond acceptors (Lipinski definition) is 5. The number of ether oxygens (including phenoxy) is 1. The smallest absolute Gasteiger partial charge is 0.490 e. The predicted molar refractivity (Wildman–Crippen MR) is 59.6 cm³/mol. The van der Waals surface area contributed by atoms with Crippen LogP contribution in [0.2, 0.25) is 0 Å². The molecule has 0 radical (unpaired) electrons. The molecule has 0 aromatic carbocycles. The van der Waals surface area contributed by atoms with Crippen molar-refractivity contribution in [2.24, 2.45) is 5.73 Å². The maximum absolute atomic E-state index is 11.1. The first-order valence-corrected chi connectivity index (χ1v) is 4.67. The number of nitrogens with two attached hydrogens (primary N) is 2. The summed E-state index contributed by atoms with van der Waals surface area (Å²) in [7, 11) is 1.27. The molecule has 0 spiro atoms. The summed E-state index contributed by atoms with van der Waals surface area (Å²) in [6.45, 7) is 0. The minimum atomic E-state index is -5.08. The maximum Gasteiger partial charge on any atom is 0.490 e. The van der Waals surface area contributed by atoms with E-state index in [1.807, 2.05) is 0 Å². The third-order valence-electron chi connectivity index (χ3n) is 1.76. The van der Waals surface area contributed by atoms with Crippen LogP contribution in [0.1, 0.15) is 10.5 Å². The molecule has 1 aromatic rings. The van der Waals surface area contributed by atoms with Crippen LogP contribution < -0.4 is 21.7 Å². The first kappa shape index (κ1) is 17.3. The van der Waals surface area contributed by atoms with Gasteiger partial charge in [-0.1, -0.05) is 0 Å². The van der Waals surface area contributed by atoms with Gasteiger partial charge in [-0.15, -0.1) is 0 Å². The predicted octanol–water partition coefficient (Wildman–Crippen LogP) is -0.697. The van der Waals surface area contributed by atoms with Gasteiger partial charge in [0.2, 0.25) is 5.43 Å². The van der Waals surface area contributed by atoms with Crippen LogP contribution in [-0.2, 0) is 4.79 Å². The highest BCUT2D eigenvalue weighted by Crippen LogP contribution is 2.13. The molecular formula is C9H10F3N3O5. The van der Waals surface area contributed by atoms with Crippen LogP contribution in [0.15, 0.2) is 17.1 Å². The number of nitrogen functional groups attached to an aromatic ring is 1. The Hall–Kier alpha value is -2.72. The zero-order valence-electron chi connectivity index (χ0n) is 9.97. The van der Waals surface area contributed by atoms with Gasteiger partial charge in [0.1, 0.15) is 0 Å². The van der Waals surface area contributed by atoms with Crippen molar-refractivity contribution in [2.45, 2.75) is 6.18 Å². The van der Waals surface area contributed by atoms with E-state index in [-0.39, 0.29) is 11.4 Å². The fraction of sp³-hybridized carbons (Fsp3) is 0.222. The second-order valence-corrected chi connectivity index (χ2v) is 3.14. The van der Waals surface area contributed by atoms with Crippen molar-refractivity contribution in [2.75, 3.05) is 13.0 Å². The molecule has 0 saturated carbocycles. The highest BCUT2D eigenvalue weighted by molar-refractivity contribution is 5.93. The Bertz CT molecular complexity index is 567. The standard InChI is InChI=1S/C7H9N3O3.C2HF3O2/c1-13-6-4(11)2-3-10(9)5(6)7(8)12;3-2(4,5)1(6)7/h2-3H,9H2,1H3,(H2,8,12);(H,6,7). The van der Waals surface area contributed by atoms with E-state index in [4.69, 9.17) is 26.2 Å². The average molecular weight is 297 g/mol. The summed E-state index contributed by atoms with van der Waals surface area (Å²) in [5.41, 5.74) is 4.43. The van der Waals surface area contributed by atoms with Crippen molar-refractivity contribution in [3.05, 3.63) is 28.2 Å². The molecule has 112 valence electrons. The molecule has 1 aromatic heterocycles. The van der Waals surface area contributed by atoms with E-state index in [9.17, 15) is 22.8 Å². The molecule has 0 aliphatic heterocycles. The molecule has 0 aliphatic rings. The lowest BCUT2D eigenvalue weighted by Crippen LogP contribution is -2.27. The summed E-state index contributed by atoms with van der Waals surface area (Å²) in [6, 6.07) is 1.19. The van der Waals surface area contributed by atoms with Crippen LogP contribution in [0.25, 0.3) is 0 Å². The SMILES string of the molecule is COc1c(C(N)=O)n(N)ccc1=O.O=C(O)C(F)(F)F. The molecule has 1 amide bonds. The molecule has 11 heteroatoms. The third kappa shape index (κ3) is 4.51. The molecule has 1 heterocycles. The number of carboxylic acids is 1. The normalized spacial score (nSPS) is 10.2. The number of aliphatic carboxylic acids is 1. The maximum atomic E-state index is 11.1. The number of primary amides is 1. The van der Waals surface area contributed by atoms with Crippen molar-refractivity contribution in [3.63, 3.8) is 0 Å². The van der Waals surface area contributed by atoms with Gasteiger partial charge in [-0.2, -0.15) is 13.2 Å². The van der Waals surface area contributed by atoms with Crippen molar-refractivity contribution in [1.82, 2.24) is 4.68 Å². The first-order valence-electron chi connectivity index (χ1n) is 4.67. The van der Waals surface area contributed by atoms with Gasteiger partial charge in [-0.3, -0.25) is 14.3 Å². The number of halogens is 3. The zero-order valence-corrected chi connectivity index (χ0v) is 9.97. The van der Waals surface area contributed by atoms with Gasteiger partial charge in [-0.05, 0) is 0 Å². The number of carboxylic acid groups (broad SMARTS) is 1. The van der Waals surface area contributed by atoms with Crippen molar-refractivity contribution in [3.8, 4) is 5.75 Å². The number of rotatable bonds is 2. The molecule has 0 unspecified atom stereocenters. The Morgan fingerprint density at radius 1 is 1.40 bits per heavy atom. The van der Waals surface area contributed by atoms with E-state index < -0.39 is 23.5 Å². The number of carbonyl (C=O) groups is 2. The Balaban J connectivity index is 0.000000441. The lowest BCUT2D eigenvalue weighted by molar-refractivity contribution is -0.192. The number of methoxy groups -OCH3 is 1. The summed E-state index contributed by atoms with van der Waals surface area (Å²) in [5, 5.41) is 7.12. The Kier molecular flexibility index (Phi) is 5.57. The van der Waals surface area contributed by atoms with Crippen LogP contribution in [0.4, 0.5) is 13.2 Å². The Morgan fingerprint density at radius 3 is 2.10 bits per heavy atom. The number of amides is 1. The lowest BCUT2D eigenvalue weighted by atomic mass is 10.3. The van der Waals surface area contributed by atoms with Gasteiger partial charge in [0.05, 0.1) is 7.11 Å². The number of pyridine rings is 1. The molecule has 0 fully saturated rings. The number of carbonyl (C=O) groups excluding carboxylic acids is 1. The molecule has 8 nitrogen and oxygen atoms in total. The van der Waals surface area contributed by atoms with Crippen LogP contribution in [0.5, 0.6) is 5.75 Å². The zero-order chi connectivity index (χ0) is 16.1. The molecule has 0 bridgehead atoms. The highest BCUT2D eigenvalue weighted by atomic mass is 19.4. The number of aromatic nitrogens is 1. The summed E-state index contributed by atoms with van der Waals surface area (Å²) < 4.78 is 37.4. The van der Waals surface area contributed by atoms with E-state index in [2.05, 4.69) is 0 Å². The van der Waals surface area contributed by atoms with Crippen LogP contribution in [0, 0.1) is 0 Å². The van der Waals surface area contributed by atoms with Crippen molar-refractivity contribution >= 4 is 11.9 Å². The van der Waals surface area contributed by atoms with Crippen molar-refractivity contribution in [1.29, 1.82) is 0 Å². The third-order valence-corrected chi connectivity index (χ3v) is 1.76. The van der Waals surface area contributed by atoms with Gasteiger partial charge in [0.25, 0.3) is 5.91 Å². The van der Waals surface area contributed by atoms with E-state index in [0.717, 1.165) is 4.68 Å². The van der Waals surface area contributed by atoms with Gasteiger partial charge in [0, 0.05) is 12.3 Å². The highest BCUT2D eigenvalue weighted by Gasteiger charge is 2.38. The summed E-state index contributed by atoms with van der Waals surface area (Å²) in [4.78, 5) is 30.9. The molecule has 1 rings (SSSR count). The molecule has 0 aliphatic carbocycles. The lowest BCUT2D eigenvalue weighted by Gasteiger charge is -2.08. The molecule has 0 atom stereocenters. The minimum Gasteiger partial charge on any atom is -0.491 e.